The van der Waals surface area contributed by atoms with E-state index in [0.29, 0.717) is 0 Å². The van der Waals surface area contributed by atoms with Crippen LogP contribution in [0.15, 0.2) is 0 Å². The van der Waals surface area contributed by atoms with E-state index < -0.39 is 0 Å². The Bertz CT molecular complexity index is 57.1. The summed E-state index contributed by atoms with van der Waals surface area (Å²) in [5.74, 6) is 2.50. The lowest BCUT2D eigenvalue weighted by Gasteiger charge is -2.15. The van der Waals surface area contributed by atoms with Gasteiger partial charge in [-0.15, -0.1) is 0 Å². The molecular weight excluding hydrogens is 108 g/mol. The van der Waals surface area contributed by atoms with Crippen molar-refractivity contribution in [3.63, 3.8) is 0 Å². The van der Waals surface area contributed by atoms with Crippen LogP contribution < -0.4 is 0 Å². The van der Waals surface area contributed by atoms with Crippen LogP contribution in [0.2, 0.25) is 0 Å². The first-order valence-electron chi connectivity index (χ1n) is 4.04. The molecule has 0 aromatic heterocycles. The third-order valence-corrected chi connectivity index (χ3v) is 2.12. The van der Waals surface area contributed by atoms with Crippen molar-refractivity contribution >= 4 is 0 Å². The summed E-state index contributed by atoms with van der Waals surface area (Å²) in [6, 6.07) is 0. The predicted octanol–water partition coefficient (Wildman–Crippen LogP) is 3.43. The quantitative estimate of drug-likeness (QED) is 0.542. The van der Waals surface area contributed by atoms with E-state index in [9.17, 15) is 0 Å². The van der Waals surface area contributed by atoms with E-state index in [1.807, 2.05) is 0 Å². The second-order valence-electron chi connectivity index (χ2n) is 2.89. The van der Waals surface area contributed by atoms with Crippen LogP contribution in [0.5, 0.6) is 0 Å². The fraction of sp³-hybridized carbons (Fsp3) is 0.889. The zero-order valence-electron chi connectivity index (χ0n) is 7.20. The summed E-state index contributed by atoms with van der Waals surface area (Å²) in [6.07, 6.45) is 3.93. The maximum Gasteiger partial charge on any atom is -0.0246 e. The summed E-state index contributed by atoms with van der Waals surface area (Å²) in [7, 11) is 0. The Morgan fingerprint density at radius 3 is 2.22 bits per heavy atom. The van der Waals surface area contributed by atoms with Gasteiger partial charge in [0.2, 0.25) is 0 Å². The van der Waals surface area contributed by atoms with Gasteiger partial charge in [0.1, 0.15) is 0 Å². The van der Waals surface area contributed by atoms with Crippen LogP contribution in [0, 0.1) is 11.8 Å². The Morgan fingerprint density at radius 2 is 1.89 bits per heavy atom. The molecule has 0 heterocycles. The smallest absolute Gasteiger partial charge is 0.0246 e. The first kappa shape index (κ1) is 9.00. The second-order valence-corrected chi connectivity index (χ2v) is 2.89. The molecule has 55 valence electrons. The van der Waals surface area contributed by atoms with Gasteiger partial charge in [-0.3, -0.25) is 0 Å². The van der Waals surface area contributed by atoms with E-state index in [1.165, 1.54) is 19.3 Å². The molecule has 0 N–H and O–H groups in total. The van der Waals surface area contributed by atoms with Gasteiger partial charge in [-0.1, -0.05) is 40.5 Å². The molecule has 1 unspecified atom stereocenters. The minimum absolute atomic E-state index is 0.847. The molecule has 0 aliphatic carbocycles. The van der Waals surface area contributed by atoms with Crippen LogP contribution in [-0.4, -0.2) is 0 Å². The van der Waals surface area contributed by atoms with Crippen molar-refractivity contribution in [2.24, 2.45) is 5.92 Å². The van der Waals surface area contributed by atoms with Crippen molar-refractivity contribution in [3.05, 3.63) is 5.92 Å². The molecule has 0 heteroatoms. The molecule has 0 amide bonds. The fourth-order valence-electron chi connectivity index (χ4n) is 1.03. The zero-order chi connectivity index (χ0) is 7.28. The van der Waals surface area contributed by atoms with Crippen LogP contribution in [0.1, 0.15) is 47.0 Å². The van der Waals surface area contributed by atoms with Crippen LogP contribution in [-0.2, 0) is 0 Å². The van der Waals surface area contributed by atoms with Crippen LogP contribution in [0.3, 0.4) is 0 Å². The number of hydrogen-bond acceptors (Lipinski definition) is 0. The van der Waals surface area contributed by atoms with Crippen molar-refractivity contribution in [1.82, 2.24) is 0 Å². The van der Waals surface area contributed by atoms with E-state index in [4.69, 9.17) is 0 Å². The highest BCUT2D eigenvalue weighted by Crippen LogP contribution is 2.20. The molecular formula is C9H19. The lowest BCUT2D eigenvalue weighted by molar-refractivity contribution is 0.519. The van der Waals surface area contributed by atoms with Gasteiger partial charge in [0.05, 0.1) is 0 Å². The molecule has 0 spiro atoms. The molecule has 1 radical (unpaired) electrons. The summed E-state index contributed by atoms with van der Waals surface area (Å²) in [5.41, 5.74) is 0. The van der Waals surface area contributed by atoms with E-state index >= 15 is 0 Å². The van der Waals surface area contributed by atoms with Gasteiger partial charge in [0.15, 0.2) is 0 Å². The summed E-state index contributed by atoms with van der Waals surface area (Å²) < 4.78 is 0. The monoisotopic (exact) mass is 127 g/mol. The highest BCUT2D eigenvalue weighted by molar-refractivity contribution is 4.87. The third-order valence-electron chi connectivity index (χ3n) is 2.12. The van der Waals surface area contributed by atoms with E-state index in [-0.39, 0.29) is 0 Å². The van der Waals surface area contributed by atoms with Crippen LogP contribution in [0.4, 0.5) is 0 Å². The first-order valence-corrected chi connectivity index (χ1v) is 4.04. The van der Waals surface area contributed by atoms with Gasteiger partial charge in [0.25, 0.3) is 0 Å². The van der Waals surface area contributed by atoms with E-state index in [1.54, 1.807) is 5.92 Å². The highest BCUT2D eigenvalue weighted by Gasteiger charge is 2.07. The average molecular weight is 127 g/mol. The Hall–Kier alpha value is 0. The summed E-state index contributed by atoms with van der Waals surface area (Å²) in [5, 5.41) is 0. The molecule has 0 saturated carbocycles. The molecule has 0 aliphatic heterocycles. The topological polar surface area (TPSA) is 0 Å². The van der Waals surface area contributed by atoms with E-state index in [0.717, 1.165) is 5.92 Å². The molecule has 9 heavy (non-hydrogen) atoms. The summed E-state index contributed by atoms with van der Waals surface area (Å²) >= 11 is 0. The molecule has 0 rings (SSSR count). The van der Waals surface area contributed by atoms with Crippen molar-refractivity contribution in [1.29, 1.82) is 0 Å². The van der Waals surface area contributed by atoms with Gasteiger partial charge in [-0.2, -0.15) is 0 Å². The standard InChI is InChI=1S/C9H19/c1-5-7-9(4)8(3)6-2/h9H,5-7H2,1-4H3. The Balaban J connectivity index is 3.32. The normalized spacial score (nSPS) is 14.3. The minimum Gasteiger partial charge on any atom is -0.0654 e. The predicted molar refractivity (Wildman–Crippen MR) is 43.3 cm³/mol. The second kappa shape index (κ2) is 4.84. The minimum atomic E-state index is 0.847. The zero-order valence-corrected chi connectivity index (χ0v) is 7.20. The molecule has 0 fully saturated rings. The lowest BCUT2D eigenvalue weighted by Crippen LogP contribution is -2.03. The molecule has 0 aliphatic rings. The van der Waals surface area contributed by atoms with Gasteiger partial charge in [-0.25, -0.2) is 0 Å². The molecule has 0 aromatic rings. The van der Waals surface area contributed by atoms with Crippen LogP contribution in [0.25, 0.3) is 0 Å². The Kier molecular flexibility index (Phi) is 4.84. The number of hydrogen-bond donors (Lipinski definition) is 0. The fourth-order valence-corrected chi connectivity index (χ4v) is 1.03. The largest absolute Gasteiger partial charge is 0.0654 e. The average Bonchev–Trinajstić information content (AvgIpc) is 1.87. The molecule has 0 bridgehead atoms. The Labute approximate surface area is 59.7 Å². The van der Waals surface area contributed by atoms with Crippen molar-refractivity contribution in [2.45, 2.75) is 47.0 Å². The van der Waals surface area contributed by atoms with Gasteiger partial charge in [0, 0.05) is 0 Å². The van der Waals surface area contributed by atoms with Gasteiger partial charge in [-0.05, 0) is 18.3 Å². The summed E-state index contributed by atoms with van der Waals surface area (Å²) in [4.78, 5) is 0. The molecule has 0 aromatic carbocycles. The molecule has 0 saturated heterocycles. The molecule has 1 atom stereocenters. The maximum absolute atomic E-state index is 2.32. The lowest BCUT2D eigenvalue weighted by atomic mass is 9.90. The summed E-state index contributed by atoms with van der Waals surface area (Å²) in [6.45, 7) is 9.07. The van der Waals surface area contributed by atoms with Crippen molar-refractivity contribution < 1.29 is 0 Å². The van der Waals surface area contributed by atoms with Gasteiger partial charge < -0.3 is 0 Å². The number of rotatable bonds is 4. The highest BCUT2D eigenvalue weighted by atomic mass is 14.1. The third kappa shape index (κ3) is 3.56. The van der Waals surface area contributed by atoms with Crippen molar-refractivity contribution in [3.8, 4) is 0 Å². The maximum atomic E-state index is 2.32. The Morgan fingerprint density at radius 1 is 1.33 bits per heavy atom. The SMILES string of the molecule is CCCC(C)[C](C)CC. The van der Waals surface area contributed by atoms with Crippen molar-refractivity contribution in [2.75, 3.05) is 0 Å². The van der Waals surface area contributed by atoms with Gasteiger partial charge >= 0.3 is 0 Å². The van der Waals surface area contributed by atoms with Crippen LogP contribution >= 0.6 is 0 Å². The van der Waals surface area contributed by atoms with E-state index in [2.05, 4.69) is 27.7 Å². The molecule has 0 nitrogen and oxygen atoms in total. The first-order chi connectivity index (χ1) is 4.22.